The zero-order valence-electron chi connectivity index (χ0n) is 8.42. The second-order valence-corrected chi connectivity index (χ2v) is 3.39. The number of terminal acetylenes is 1. The molecule has 0 aliphatic heterocycles. The fourth-order valence-corrected chi connectivity index (χ4v) is 0.859. The molecular formula is C10H19NO. The zero-order chi connectivity index (χ0) is 9.56. The molecule has 2 atom stereocenters. The van der Waals surface area contributed by atoms with Crippen molar-refractivity contribution in [1.82, 2.24) is 5.32 Å². The topological polar surface area (TPSA) is 21.3 Å². The molecule has 1 N–H and O–H groups in total. The molecule has 0 aromatic heterocycles. The summed E-state index contributed by atoms with van der Waals surface area (Å²) >= 11 is 0. The van der Waals surface area contributed by atoms with Crippen LogP contribution in [0, 0.1) is 18.3 Å². The van der Waals surface area contributed by atoms with Crippen molar-refractivity contribution in [3.05, 3.63) is 0 Å². The van der Waals surface area contributed by atoms with E-state index in [9.17, 15) is 0 Å². The lowest BCUT2D eigenvalue weighted by Crippen LogP contribution is -2.39. The van der Waals surface area contributed by atoms with Gasteiger partial charge in [0.05, 0.1) is 12.1 Å². The molecule has 0 aliphatic rings. The molecular weight excluding hydrogens is 150 g/mol. The van der Waals surface area contributed by atoms with Gasteiger partial charge in [-0.25, -0.2) is 0 Å². The number of hydrogen-bond acceptors (Lipinski definition) is 2. The lowest BCUT2D eigenvalue weighted by atomic mass is 10.1. The summed E-state index contributed by atoms with van der Waals surface area (Å²) in [5.41, 5.74) is 0. The van der Waals surface area contributed by atoms with Gasteiger partial charge in [-0.05, 0) is 19.4 Å². The van der Waals surface area contributed by atoms with Crippen LogP contribution >= 0.6 is 0 Å². The predicted molar refractivity (Wildman–Crippen MR) is 51.9 cm³/mol. The molecule has 0 fully saturated rings. The second-order valence-electron chi connectivity index (χ2n) is 3.39. The van der Waals surface area contributed by atoms with Crippen LogP contribution in [0.25, 0.3) is 0 Å². The SMILES string of the molecule is C#C[C@H](NCC(C)C)[C@@H](C)OC. The van der Waals surface area contributed by atoms with E-state index in [1.807, 2.05) is 6.92 Å². The van der Waals surface area contributed by atoms with Crippen LogP contribution in [0.3, 0.4) is 0 Å². The third-order valence-electron chi connectivity index (χ3n) is 1.77. The highest BCUT2D eigenvalue weighted by molar-refractivity contribution is 5.02. The van der Waals surface area contributed by atoms with Gasteiger partial charge in [0.25, 0.3) is 0 Å². The number of nitrogens with one attached hydrogen (secondary N) is 1. The minimum Gasteiger partial charge on any atom is -0.379 e. The van der Waals surface area contributed by atoms with Gasteiger partial charge in [0.2, 0.25) is 0 Å². The van der Waals surface area contributed by atoms with Gasteiger partial charge in [0.15, 0.2) is 0 Å². The van der Waals surface area contributed by atoms with Crippen molar-refractivity contribution >= 4 is 0 Å². The Balaban J connectivity index is 3.77. The van der Waals surface area contributed by atoms with Crippen molar-refractivity contribution in [3.63, 3.8) is 0 Å². The molecule has 2 heteroatoms. The molecule has 0 spiro atoms. The summed E-state index contributed by atoms with van der Waals surface area (Å²) in [7, 11) is 1.67. The molecule has 0 rings (SSSR count). The van der Waals surface area contributed by atoms with Crippen molar-refractivity contribution in [1.29, 1.82) is 0 Å². The van der Waals surface area contributed by atoms with Gasteiger partial charge in [0, 0.05) is 7.11 Å². The molecule has 2 nitrogen and oxygen atoms in total. The first kappa shape index (κ1) is 11.5. The molecule has 0 saturated heterocycles. The Morgan fingerprint density at radius 3 is 2.33 bits per heavy atom. The summed E-state index contributed by atoms with van der Waals surface area (Å²) in [6.45, 7) is 7.20. The highest BCUT2D eigenvalue weighted by Gasteiger charge is 2.12. The first-order chi connectivity index (χ1) is 5.61. The third-order valence-corrected chi connectivity index (χ3v) is 1.77. The molecule has 0 aromatic carbocycles. The van der Waals surface area contributed by atoms with Crippen molar-refractivity contribution < 1.29 is 4.74 Å². The van der Waals surface area contributed by atoms with Crippen molar-refractivity contribution in [2.45, 2.75) is 32.9 Å². The van der Waals surface area contributed by atoms with Crippen molar-refractivity contribution in [2.24, 2.45) is 5.92 Å². The number of rotatable bonds is 5. The summed E-state index contributed by atoms with van der Waals surface area (Å²) in [4.78, 5) is 0. The summed E-state index contributed by atoms with van der Waals surface area (Å²) in [5, 5.41) is 3.26. The van der Waals surface area contributed by atoms with Gasteiger partial charge < -0.3 is 10.1 Å². The maximum Gasteiger partial charge on any atom is 0.0949 e. The van der Waals surface area contributed by atoms with Crippen LogP contribution in [0.1, 0.15) is 20.8 Å². The Hall–Kier alpha value is -0.520. The van der Waals surface area contributed by atoms with Crippen LogP contribution in [-0.4, -0.2) is 25.8 Å². The molecule has 0 radical (unpaired) electrons. The normalized spacial score (nSPS) is 15.7. The van der Waals surface area contributed by atoms with Gasteiger partial charge in [0.1, 0.15) is 0 Å². The zero-order valence-corrected chi connectivity index (χ0v) is 8.42. The quantitative estimate of drug-likeness (QED) is 0.626. The Labute approximate surface area is 75.7 Å². The number of hydrogen-bond donors (Lipinski definition) is 1. The Morgan fingerprint density at radius 2 is 2.00 bits per heavy atom. The van der Waals surface area contributed by atoms with Crippen LogP contribution in [0.4, 0.5) is 0 Å². The molecule has 0 amide bonds. The molecule has 0 unspecified atom stereocenters. The minimum absolute atomic E-state index is 0.0254. The number of methoxy groups -OCH3 is 1. The van der Waals surface area contributed by atoms with E-state index < -0.39 is 0 Å². The van der Waals surface area contributed by atoms with E-state index in [2.05, 4.69) is 25.1 Å². The summed E-state index contributed by atoms with van der Waals surface area (Å²) < 4.78 is 5.13. The predicted octanol–water partition coefficient (Wildman–Crippen LogP) is 1.27. The van der Waals surface area contributed by atoms with E-state index >= 15 is 0 Å². The van der Waals surface area contributed by atoms with Crippen LogP contribution in [-0.2, 0) is 4.74 Å². The second kappa shape index (κ2) is 6.05. The van der Waals surface area contributed by atoms with E-state index in [1.165, 1.54) is 0 Å². The lowest BCUT2D eigenvalue weighted by Gasteiger charge is -2.19. The molecule has 0 aromatic rings. The largest absolute Gasteiger partial charge is 0.379 e. The molecule has 12 heavy (non-hydrogen) atoms. The van der Waals surface area contributed by atoms with Crippen molar-refractivity contribution in [2.75, 3.05) is 13.7 Å². The van der Waals surface area contributed by atoms with Gasteiger partial charge in [-0.2, -0.15) is 0 Å². The summed E-state index contributed by atoms with van der Waals surface area (Å²) in [6.07, 6.45) is 5.42. The molecule has 0 bridgehead atoms. The van der Waals surface area contributed by atoms with Crippen LogP contribution in [0.15, 0.2) is 0 Å². The van der Waals surface area contributed by atoms with Crippen LogP contribution in [0.2, 0.25) is 0 Å². The first-order valence-electron chi connectivity index (χ1n) is 4.34. The Kier molecular flexibility index (Phi) is 5.79. The molecule has 0 saturated carbocycles. The summed E-state index contributed by atoms with van der Waals surface area (Å²) in [6, 6.07) is 0.0254. The lowest BCUT2D eigenvalue weighted by molar-refractivity contribution is 0.0987. The van der Waals surface area contributed by atoms with Crippen molar-refractivity contribution in [3.8, 4) is 12.3 Å². The van der Waals surface area contributed by atoms with Gasteiger partial charge in [-0.3, -0.25) is 0 Å². The highest BCUT2D eigenvalue weighted by Crippen LogP contribution is 1.97. The maximum atomic E-state index is 5.34. The monoisotopic (exact) mass is 169 g/mol. The molecule has 70 valence electrons. The minimum atomic E-state index is 0.0254. The Bertz CT molecular complexity index is 148. The fourth-order valence-electron chi connectivity index (χ4n) is 0.859. The number of ether oxygens (including phenoxy) is 1. The van der Waals surface area contributed by atoms with Gasteiger partial charge in [-0.1, -0.05) is 19.8 Å². The van der Waals surface area contributed by atoms with Gasteiger partial charge in [-0.15, -0.1) is 6.42 Å². The van der Waals surface area contributed by atoms with Crippen LogP contribution in [0.5, 0.6) is 0 Å². The van der Waals surface area contributed by atoms with E-state index in [4.69, 9.17) is 11.2 Å². The van der Waals surface area contributed by atoms with E-state index in [-0.39, 0.29) is 12.1 Å². The average Bonchev–Trinajstić information content (AvgIpc) is 2.04. The third kappa shape index (κ3) is 4.38. The summed E-state index contributed by atoms with van der Waals surface area (Å²) in [5.74, 6) is 3.29. The maximum absolute atomic E-state index is 5.34. The van der Waals surface area contributed by atoms with E-state index in [0.717, 1.165) is 6.54 Å². The highest BCUT2D eigenvalue weighted by atomic mass is 16.5. The molecule has 0 aliphatic carbocycles. The Morgan fingerprint density at radius 1 is 1.42 bits per heavy atom. The molecule has 0 heterocycles. The first-order valence-corrected chi connectivity index (χ1v) is 4.34. The fraction of sp³-hybridized carbons (Fsp3) is 0.800. The van der Waals surface area contributed by atoms with Crippen LogP contribution < -0.4 is 5.32 Å². The average molecular weight is 169 g/mol. The van der Waals surface area contributed by atoms with E-state index in [1.54, 1.807) is 7.11 Å². The standard InChI is InChI=1S/C10H19NO/c1-6-10(9(4)12-5)11-7-8(2)3/h1,8-11H,7H2,2-5H3/t9-,10+/m1/s1. The smallest absolute Gasteiger partial charge is 0.0949 e. The van der Waals surface area contributed by atoms with Gasteiger partial charge >= 0.3 is 0 Å². The van der Waals surface area contributed by atoms with E-state index in [0.29, 0.717) is 5.92 Å².